The van der Waals surface area contributed by atoms with E-state index in [2.05, 4.69) is 10.0 Å². The lowest BCUT2D eigenvalue weighted by atomic mass is 10.1. The molecule has 2 rings (SSSR count). The Hall–Kier alpha value is -0.910. The van der Waals surface area contributed by atoms with Crippen molar-refractivity contribution in [3.63, 3.8) is 0 Å². The lowest BCUT2D eigenvalue weighted by molar-refractivity contribution is 0.574. The van der Waals surface area contributed by atoms with Gasteiger partial charge in [-0.1, -0.05) is 18.9 Å². The van der Waals surface area contributed by atoms with Gasteiger partial charge in [0, 0.05) is 13.1 Å². The molecule has 1 saturated carbocycles. The Balaban J connectivity index is 2.19. The molecule has 0 heterocycles. The molecule has 0 radical (unpaired) electrons. The van der Waals surface area contributed by atoms with Crippen molar-refractivity contribution in [3.8, 4) is 0 Å². The standard InChI is InChI=1S/C15H24N2O2S/c1-11-8-14(10-16-3)9-15(12(11)2)20(18,19)17-7-6-13-4-5-13/h8-9,13,16-17H,4-7,10H2,1-3H3. The van der Waals surface area contributed by atoms with Gasteiger partial charge in [-0.3, -0.25) is 0 Å². The minimum Gasteiger partial charge on any atom is -0.316 e. The zero-order valence-corrected chi connectivity index (χ0v) is 13.3. The van der Waals surface area contributed by atoms with Gasteiger partial charge in [-0.2, -0.15) is 0 Å². The highest BCUT2D eigenvalue weighted by atomic mass is 32.2. The van der Waals surface area contributed by atoms with E-state index in [9.17, 15) is 8.42 Å². The molecule has 0 spiro atoms. The van der Waals surface area contributed by atoms with E-state index in [1.807, 2.05) is 27.0 Å². The molecule has 0 saturated heterocycles. The second kappa shape index (κ2) is 6.24. The zero-order valence-electron chi connectivity index (χ0n) is 12.5. The Morgan fingerprint density at radius 1 is 1.25 bits per heavy atom. The Labute approximate surface area is 122 Å². The first kappa shape index (κ1) is 15.5. The van der Waals surface area contributed by atoms with Crippen LogP contribution in [0.4, 0.5) is 0 Å². The van der Waals surface area contributed by atoms with Crippen LogP contribution in [0.15, 0.2) is 17.0 Å². The summed E-state index contributed by atoms with van der Waals surface area (Å²) < 4.78 is 27.6. The number of aryl methyl sites for hydroxylation is 1. The van der Waals surface area contributed by atoms with E-state index in [4.69, 9.17) is 0 Å². The summed E-state index contributed by atoms with van der Waals surface area (Å²) in [7, 11) is -1.54. The molecule has 1 fully saturated rings. The molecule has 0 aliphatic heterocycles. The molecular weight excluding hydrogens is 272 g/mol. The van der Waals surface area contributed by atoms with Gasteiger partial charge in [0.1, 0.15) is 0 Å². The van der Waals surface area contributed by atoms with Crippen molar-refractivity contribution in [1.82, 2.24) is 10.0 Å². The molecule has 2 N–H and O–H groups in total. The fourth-order valence-corrected chi connectivity index (χ4v) is 3.78. The van der Waals surface area contributed by atoms with Crippen LogP contribution in [0.2, 0.25) is 0 Å². The highest BCUT2D eigenvalue weighted by Gasteiger charge is 2.23. The molecule has 1 aliphatic carbocycles. The molecule has 0 amide bonds. The Morgan fingerprint density at radius 2 is 1.95 bits per heavy atom. The summed E-state index contributed by atoms with van der Waals surface area (Å²) in [6.07, 6.45) is 3.45. The summed E-state index contributed by atoms with van der Waals surface area (Å²) in [5, 5.41) is 3.06. The molecule has 1 aromatic rings. The molecule has 0 bridgehead atoms. The Bertz CT molecular complexity index is 578. The van der Waals surface area contributed by atoms with Crippen LogP contribution in [-0.4, -0.2) is 22.0 Å². The largest absolute Gasteiger partial charge is 0.316 e. The van der Waals surface area contributed by atoms with Crippen LogP contribution in [-0.2, 0) is 16.6 Å². The third-order valence-corrected chi connectivity index (χ3v) is 5.48. The monoisotopic (exact) mass is 296 g/mol. The van der Waals surface area contributed by atoms with E-state index in [-0.39, 0.29) is 0 Å². The maximum absolute atomic E-state index is 12.4. The van der Waals surface area contributed by atoms with Crippen LogP contribution in [0, 0.1) is 19.8 Å². The highest BCUT2D eigenvalue weighted by Crippen LogP contribution is 2.32. The molecule has 1 aliphatic rings. The van der Waals surface area contributed by atoms with Crippen molar-refractivity contribution < 1.29 is 8.42 Å². The summed E-state index contributed by atoms with van der Waals surface area (Å²) in [4.78, 5) is 0.415. The zero-order chi connectivity index (χ0) is 14.8. The van der Waals surface area contributed by atoms with Crippen LogP contribution in [0.1, 0.15) is 36.0 Å². The van der Waals surface area contributed by atoms with Crippen LogP contribution in [0.5, 0.6) is 0 Å². The fourth-order valence-electron chi connectivity index (χ4n) is 2.37. The Morgan fingerprint density at radius 3 is 2.55 bits per heavy atom. The molecule has 5 heteroatoms. The van der Waals surface area contributed by atoms with Gasteiger partial charge in [0.05, 0.1) is 4.90 Å². The predicted molar refractivity (Wildman–Crippen MR) is 81.2 cm³/mol. The summed E-state index contributed by atoms with van der Waals surface area (Å²) in [5.41, 5.74) is 2.85. The van der Waals surface area contributed by atoms with Gasteiger partial charge < -0.3 is 5.32 Å². The number of benzene rings is 1. The number of sulfonamides is 1. The molecular formula is C15H24N2O2S. The minimum atomic E-state index is -3.40. The van der Waals surface area contributed by atoms with Crippen molar-refractivity contribution in [3.05, 3.63) is 28.8 Å². The lowest BCUT2D eigenvalue weighted by Gasteiger charge is -2.13. The first-order valence-electron chi connectivity index (χ1n) is 7.18. The van der Waals surface area contributed by atoms with Gasteiger partial charge >= 0.3 is 0 Å². The SMILES string of the molecule is CNCc1cc(C)c(C)c(S(=O)(=O)NCCC2CC2)c1. The van der Waals surface area contributed by atoms with Gasteiger partial charge in [0.15, 0.2) is 0 Å². The maximum atomic E-state index is 12.4. The molecule has 0 atom stereocenters. The van der Waals surface area contributed by atoms with E-state index < -0.39 is 10.0 Å². The summed E-state index contributed by atoms with van der Waals surface area (Å²) >= 11 is 0. The van der Waals surface area contributed by atoms with Crippen LogP contribution in [0.25, 0.3) is 0 Å². The normalized spacial score (nSPS) is 15.6. The van der Waals surface area contributed by atoms with Crippen molar-refractivity contribution in [2.75, 3.05) is 13.6 Å². The number of hydrogen-bond donors (Lipinski definition) is 2. The number of rotatable bonds is 7. The van der Waals surface area contributed by atoms with E-state index >= 15 is 0 Å². The highest BCUT2D eigenvalue weighted by molar-refractivity contribution is 7.89. The predicted octanol–water partition coefficient (Wildman–Crippen LogP) is 2.10. The van der Waals surface area contributed by atoms with Gasteiger partial charge in [-0.25, -0.2) is 13.1 Å². The van der Waals surface area contributed by atoms with E-state index in [1.165, 1.54) is 12.8 Å². The average molecular weight is 296 g/mol. The summed E-state index contributed by atoms with van der Waals surface area (Å²) in [6, 6.07) is 3.81. The quantitative estimate of drug-likeness (QED) is 0.810. The van der Waals surface area contributed by atoms with E-state index in [0.717, 1.165) is 29.0 Å². The Kier molecular flexibility index (Phi) is 4.83. The van der Waals surface area contributed by atoms with Crippen LogP contribution in [0.3, 0.4) is 0 Å². The first-order chi connectivity index (χ1) is 9.44. The maximum Gasteiger partial charge on any atom is 0.240 e. The van der Waals surface area contributed by atoms with Crippen molar-refractivity contribution in [2.24, 2.45) is 5.92 Å². The first-order valence-corrected chi connectivity index (χ1v) is 8.66. The number of nitrogens with one attached hydrogen (secondary N) is 2. The lowest BCUT2D eigenvalue weighted by Crippen LogP contribution is -2.26. The molecule has 1 aromatic carbocycles. The molecule has 20 heavy (non-hydrogen) atoms. The average Bonchev–Trinajstić information content (AvgIpc) is 3.17. The number of hydrogen-bond acceptors (Lipinski definition) is 3. The van der Waals surface area contributed by atoms with Crippen LogP contribution < -0.4 is 10.0 Å². The molecule has 4 nitrogen and oxygen atoms in total. The van der Waals surface area contributed by atoms with Gasteiger partial charge in [-0.15, -0.1) is 0 Å². The van der Waals surface area contributed by atoms with Crippen molar-refractivity contribution >= 4 is 10.0 Å². The van der Waals surface area contributed by atoms with Gasteiger partial charge in [-0.05, 0) is 56.0 Å². The molecule has 0 unspecified atom stereocenters. The van der Waals surface area contributed by atoms with Crippen molar-refractivity contribution in [2.45, 2.75) is 44.6 Å². The van der Waals surface area contributed by atoms with Crippen LogP contribution >= 0.6 is 0 Å². The smallest absolute Gasteiger partial charge is 0.240 e. The van der Waals surface area contributed by atoms with E-state index in [1.54, 1.807) is 6.07 Å². The second-order valence-electron chi connectivity index (χ2n) is 5.70. The molecule has 0 aromatic heterocycles. The third-order valence-electron chi connectivity index (χ3n) is 3.89. The fraction of sp³-hybridized carbons (Fsp3) is 0.600. The van der Waals surface area contributed by atoms with E-state index in [0.29, 0.717) is 18.0 Å². The molecule has 112 valence electrons. The van der Waals surface area contributed by atoms with Gasteiger partial charge in [0.2, 0.25) is 10.0 Å². The topological polar surface area (TPSA) is 58.2 Å². The minimum absolute atomic E-state index is 0.415. The summed E-state index contributed by atoms with van der Waals surface area (Å²) in [6.45, 7) is 5.04. The van der Waals surface area contributed by atoms with Gasteiger partial charge in [0.25, 0.3) is 0 Å². The third kappa shape index (κ3) is 3.81. The summed E-state index contributed by atoms with van der Waals surface area (Å²) in [5.74, 6) is 0.733. The van der Waals surface area contributed by atoms with Crippen molar-refractivity contribution in [1.29, 1.82) is 0 Å². The second-order valence-corrected chi connectivity index (χ2v) is 7.43.